The van der Waals surface area contributed by atoms with Crippen molar-refractivity contribution in [3.8, 4) is 5.69 Å². The molecule has 5 nitrogen and oxygen atoms in total. The maximum absolute atomic E-state index is 11.2. The molecule has 1 aliphatic rings. The molecule has 1 aromatic carbocycles. The van der Waals surface area contributed by atoms with E-state index in [9.17, 15) is 9.90 Å². The van der Waals surface area contributed by atoms with Crippen LogP contribution in [0.25, 0.3) is 5.69 Å². The summed E-state index contributed by atoms with van der Waals surface area (Å²) in [6.07, 6.45) is 2.00. The van der Waals surface area contributed by atoms with Crippen molar-refractivity contribution in [2.24, 2.45) is 0 Å². The number of carboxylic acids is 1. The molecule has 1 N–H and O–H groups in total. The summed E-state index contributed by atoms with van der Waals surface area (Å²) in [7, 11) is 0. The molecule has 2 aromatic rings. The lowest BCUT2D eigenvalue weighted by molar-refractivity contribution is 0.0689. The first-order chi connectivity index (χ1) is 9.09. The minimum absolute atomic E-state index is 0.0712. The van der Waals surface area contributed by atoms with E-state index in [2.05, 4.69) is 26.2 Å². The summed E-state index contributed by atoms with van der Waals surface area (Å²) < 4.78 is 2.64. The zero-order valence-corrected chi connectivity index (χ0v) is 11.9. The van der Waals surface area contributed by atoms with E-state index in [1.165, 1.54) is 0 Å². The molecule has 1 fully saturated rings. The van der Waals surface area contributed by atoms with E-state index in [4.69, 9.17) is 0 Å². The first-order valence-corrected chi connectivity index (χ1v) is 6.83. The summed E-state index contributed by atoms with van der Waals surface area (Å²) in [5.41, 5.74) is 2.68. The molecule has 3 rings (SSSR count). The van der Waals surface area contributed by atoms with E-state index in [1.807, 2.05) is 25.1 Å². The molecule has 98 valence electrons. The normalized spacial score (nSPS) is 14.6. The molecule has 0 bridgehead atoms. The molecule has 0 amide bonds. The molecule has 0 spiro atoms. The minimum atomic E-state index is -1.01. The van der Waals surface area contributed by atoms with Crippen molar-refractivity contribution in [3.05, 3.63) is 39.6 Å². The molecule has 0 saturated heterocycles. The predicted octanol–water partition coefficient (Wildman–Crippen LogP) is 2.91. The van der Waals surface area contributed by atoms with Crippen LogP contribution in [-0.2, 0) is 0 Å². The van der Waals surface area contributed by atoms with Gasteiger partial charge < -0.3 is 5.11 Å². The standard InChI is InChI=1S/C13H12BrN3O2/c1-7-9(14)3-2-4-10(7)17-12(8-5-6-8)11(13(18)19)15-16-17/h2-4,8H,5-6H2,1H3,(H,18,19). The molecular weight excluding hydrogens is 310 g/mol. The highest BCUT2D eigenvalue weighted by molar-refractivity contribution is 9.10. The Balaban J connectivity index is 2.20. The molecule has 19 heavy (non-hydrogen) atoms. The average Bonchev–Trinajstić information content (AvgIpc) is 3.11. The lowest BCUT2D eigenvalue weighted by atomic mass is 10.1. The molecule has 0 unspecified atom stereocenters. The van der Waals surface area contributed by atoms with Crippen LogP contribution in [0.4, 0.5) is 0 Å². The molecule has 1 saturated carbocycles. The van der Waals surface area contributed by atoms with Crippen molar-refractivity contribution >= 4 is 21.9 Å². The van der Waals surface area contributed by atoms with Gasteiger partial charge in [-0.25, -0.2) is 9.48 Å². The number of benzene rings is 1. The van der Waals surface area contributed by atoms with Crippen molar-refractivity contribution in [1.29, 1.82) is 0 Å². The highest BCUT2D eigenvalue weighted by atomic mass is 79.9. The topological polar surface area (TPSA) is 68.0 Å². The first kappa shape index (κ1) is 12.3. The smallest absolute Gasteiger partial charge is 0.358 e. The van der Waals surface area contributed by atoms with Crippen molar-refractivity contribution in [2.45, 2.75) is 25.7 Å². The third-order valence-corrected chi connectivity index (χ3v) is 4.20. The number of carbonyl (C=O) groups is 1. The van der Waals surface area contributed by atoms with Gasteiger partial charge in [-0.3, -0.25) is 0 Å². The number of halogens is 1. The molecule has 0 radical (unpaired) electrons. The van der Waals surface area contributed by atoms with Gasteiger partial charge in [0.15, 0.2) is 5.69 Å². The largest absolute Gasteiger partial charge is 0.476 e. The SMILES string of the molecule is Cc1c(Br)cccc1-n1nnc(C(=O)O)c1C1CC1. The molecule has 6 heteroatoms. The van der Waals surface area contributed by atoms with Gasteiger partial charge in [0.1, 0.15) is 0 Å². The van der Waals surface area contributed by atoms with Gasteiger partial charge in [0.05, 0.1) is 11.4 Å². The van der Waals surface area contributed by atoms with Gasteiger partial charge >= 0.3 is 5.97 Å². The molecule has 1 aliphatic carbocycles. The zero-order valence-electron chi connectivity index (χ0n) is 10.3. The van der Waals surface area contributed by atoms with Crippen LogP contribution in [-0.4, -0.2) is 26.1 Å². The van der Waals surface area contributed by atoms with E-state index in [-0.39, 0.29) is 11.6 Å². The lowest BCUT2D eigenvalue weighted by Crippen LogP contribution is -2.07. The second kappa shape index (κ2) is 4.45. The third kappa shape index (κ3) is 2.06. The zero-order chi connectivity index (χ0) is 13.6. The number of hydrogen-bond acceptors (Lipinski definition) is 3. The summed E-state index contributed by atoms with van der Waals surface area (Å²) in [4.78, 5) is 11.2. The average molecular weight is 322 g/mol. The van der Waals surface area contributed by atoms with Crippen molar-refractivity contribution in [2.75, 3.05) is 0 Å². The molecule has 1 aromatic heterocycles. The number of carboxylic acid groups (broad SMARTS) is 1. The Morgan fingerprint density at radius 3 is 2.84 bits per heavy atom. The van der Waals surface area contributed by atoms with Crippen molar-refractivity contribution < 1.29 is 9.90 Å². The Bertz CT molecular complexity index is 662. The van der Waals surface area contributed by atoms with Gasteiger partial charge in [-0.15, -0.1) is 5.10 Å². The van der Waals surface area contributed by atoms with Crippen LogP contribution in [0.15, 0.2) is 22.7 Å². The van der Waals surface area contributed by atoms with Gasteiger partial charge in [-0.1, -0.05) is 27.2 Å². The van der Waals surface area contributed by atoms with Gasteiger partial charge in [0, 0.05) is 10.4 Å². The van der Waals surface area contributed by atoms with E-state index >= 15 is 0 Å². The third-order valence-electron chi connectivity index (χ3n) is 3.34. The summed E-state index contributed by atoms with van der Waals surface area (Å²) in [6, 6.07) is 5.78. The van der Waals surface area contributed by atoms with E-state index in [1.54, 1.807) is 4.68 Å². The van der Waals surface area contributed by atoms with Gasteiger partial charge in [0.2, 0.25) is 0 Å². The second-order valence-electron chi connectivity index (χ2n) is 4.70. The van der Waals surface area contributed by atoms with Crippen LogP contribution in [0.3, 0.4) is 0 Å². The summed E-state index contributed by atoms with van der Waals surface area (Å²) >= 11 is 3.48. The first-order valence-electron chi connectivity index (χ1n) is 6.04. The molecule has 1 heterocycles. The number of aromatic nitrogens is 3. The number of aromatic carboxylic acids is 1. The lowest BCUT2D eigenvalue weighted by Gasteiger charge is -2.10. The Morgan fingerprint density at radius 1 is 1.47 bits per heavy atom. The Labute approximate surface area is 118 Å². The Morgan fingerprint density at radius 2 is 2.21 bits per heavy atom. The maximum Gasteiger partial charge on any atom is 0.358 e. The van der Waals surface area contributed by atoms with Crippen LogP contribution in [0.1, 0.15) is 40.5 Å². The van der Waals surface area contributed by atoms with Gasteiger partial charge in [0.25, 0.3) is 0 Å². The number of hydrogen-bond donors (Lipinski definition) is 1. The van der Waals surface area contributed by atoms with Gasteiger partial charge in [-0.05, 0) is 37.5 Å². The monoisotopic (exact) mass is 321 g/mol. The van der Waals surface area contributed by atoms with Crippen LogP contribution in [0.5, 0.6) is 0 Å². The fraction of sp³-hybridized carbons (Fsp3) is 0.308. The quantitative estimate of drug-likeness (QED) is 0.943. The number of rotatable bonds is 3. The highest BCUT2D eigenvalue weighted by Crippen LogP contribution is 2.42. The predicted molar refractivity (Wildman–Crippen MR) is 72.7 cm³/mol. The number of nitrogens with zero attached hydrogens (tertiary/aromatic N) is 3. The Kier molecular flexibility index (Phi) is 2.89. The van der Waals surface area contributed by atoms with Crippen molar-refractivity contribution in [1.82, 2.24) is 15.0 Å². The Hall–Kier alpha value is -1.69. The molecule has 0 aliphatic heterocycles. The van der Waals surface area contributed by atoms with E-state index in [0.29, 0.717) is 5.69 Å². The molecular formula is C13H12BrN3O2. The van der Waals surface area contributed by atoms with Crippen LogP contribution >= 0.6 is 15.9 Å². The fourth-order valence-electron chi connectivity index (χ4n) is 2.17. The minimum Gasteiger partial charge on any atom is -0.476 e. The summed E-state index contributed by atoms with van der Waals surface area (Å²) in [6.45, 7) is 1.97. The highest BCUT2D eigenvalue weighted by Gasteiger charge is 2.34. The summed E-state index contributed by atoms with van der Waals surface area (Å²) in [5, 5.41) is 17.1. The van der Waals surface area contributed by atoms with Crippen LogP contribution < -0.4 is 0 Å². The van der Waals surface area contributed by atoms with Crippen LogP contribution in [0, 0.1) is 6.92 Å². The van der Waals surface area contributed by atoms with Crippen molar-refractivity contribution in [3.63, 3.8) is 0 Å². The van der Waals surface area contributed by atoms with Gasteiger partial charge in [-0.2, -0.15) is 0 Å². The van der Waals surface area contributed by atoms with Crippen LogP contribution in [0.2, 0.25) is 0 Å². The maximum atomic E-state index is 11.2. The summed E-state index contributed by atoms with van der Waals surface area (Å²) in [5.74, 6) is -0.750. The van der Waals surface area contributed by atoms with E-state index < -0.39 is 5.97 Å². The second-order valence-corrected chi connectivity index (χ2v) is 5.55. The van der Waals surface area contributed by atoms with E-state index in [0.717, 1.165) is 28.6 Å². The fourth-order valence-corrected chi connectivity index (χ4v) is 2.52. The molecule has 0 atom stereocenters.